The van der Waals surface area contributed by atoms with Crippen LogP contribution < -0.4 is 10.1 Å². The van der Waals surface area contributed by atoms with Crippen molar-refractivity contribution in [3.05, 3.63) is 29.8 Å². The second-order valence-corrected chi connectivity index (χ2v) is 5.58. The smallest absolute Gasteiger partial charge is 0.387 e. The van der Waals surface area contributed by atoms with E-state index in [9.17, 15) is 8.78 Å². The van der Waals surface area contributed by atoms with E-state index in [2.05, 4.69) is 23.9 Å². The molecule has 0 saturated heterocycles. The highest BCUT2D eigenvalue weighted by atomic mass is 19.3. The van der Waals surface area contributed by atoms with Gasteiger partial charge in [-0.1, -0.05) is 38.5 Å². The zero-order valence-corrected chi connectivity index (χ0v) is 12.1. The SMILES string of the molecule is CCC1CCC(NCc2ccccc2OC(F)F)C1C. The van der Waals surface area contributed by atoms with E-state index in [1.54, 1.807) is 12.1 Å². The Hall–Kier alpha value is -1.16. The van der Waals surface area contributed by atoms with Crippen molar-refractivity contribution in [2.45, 2.75) is 52.3 Å². The van der Waals surface area contributed by atoms with Crippen LogP contribution in [0.5, 0.6) is 5.75 Å². The van der Waals surface area contributed by atoms with Crippen LogP contribution in [0, 0.1) is 11.8 Å². The number of hydrogen-bond acceptors (Lipinski definition) is 2. The van der Waals surface area contributed by atoms with Gasteiger partial charge in [-0.25, -0.2) is 0 Å². The molecule has 1 saturated carbocycles. The highest BCUT2D eigenvalue weighted by molar-refractivity contribution is 5.33. The average molecular weight is 283 g/mol. The van der Waals surface area contributed by atoms with E-state index in [1.165, 1.54) is 12.8 Å². The van der Waals surface area contributed by atoms with Gasteiger partial charge in [0, 0.05) is 18.2 Å². The highest BCUT2D eigenvalue weighted by Crippen LogP contribution is 2.34. The summed E-state index contributed by atoms with van der Waals surface area (Å²) >= 11 is 0. The number of halogens is 2. The van der Waals surface area contributed by atoms with Crippen molar-refractivity contribution in [1.82, 2.24) is 5.32 Å². The van der Waals surface area contributed by atoms with E-state index in [-0.39, 0.29) is 5.75 Å². The van der Waals surface area contributed by atoms with Crippen molar-refractivity contribution in [1.29, 1.82) is 0 Å². The lowest BCUT2D eigenvalue weighted by molar-refractivity contribution is -0.0505. The fourth-order valence-corrected chi connectivity index (χ4v) is 3.21. The lowest BCUT2D eigenvalue weighted by Crippen LogP contribution is -2.32. The Labute approximate surface area is 119 Å². The molecule has 20 heavy (non-hydrogen) atoms. The van der Waals surface area contributed by atoms with Crippen molar-refractivity contribution >= 4 is 0 Å². The van der Waals surface area contributed by atoms with Crippen molar-refractivity contribution in [2.75, 3.05) is 0 Å². The van der Waals surface area contributed by atoms with Crippen molar-refractivity contribution in [2.24, 2.45) is 11.8 Å². The summed E-state index contributed by atoms with van der Waals surface area (Å²) in [5.74, 6) is 1.69. The summed E-state index contributed by atoms with van der Waals surface area (Å²) in [6.45, 7) is 2.32. The molecule has 0 amide bonds. The maximum absolute atomic E-state index is 12.4. The molecule has 4 heteroatoms. The molecule has 3 unspecified atom stereocenters. The van der Waals surface area contributed by atoms with Gasteiger partial charge in [0.05, 0.1) is 0 Å². The Bertz CT molecular complexity index is 425. The third kappa shape index (κ3) is 3.69. The molecular formula is C16H23F2NO. The number of benzene rings is 1. The highest BCUT2D eigenvalue weighted by Gasteiger charge is 2.31. The molecule has 0 radical (unpaired) electrons. The molecule has 0 heterocycles. The monoisotopic (exact) mass is 283 g/mol. The number of hydrogen-bond donors (Lipinski definition) is 1. The summed E-state index contributed by atoms with van der Waals surface area (Å²) in [5.41, 5.74) is 0.792. The Morgan fingerprint density at radius 2 is 2.05 bits per heavy atom. The summed E-state index contributed by atoms with van der Waals surface area (Å²) in [4.78, 5) is 0. The molecule has 112 valence electrons. The third-order valence-electron chi connectivity index (χ3n) is 4.49. The zero-order chi connectivity index (χ0) is 14.5. The van der Waals surface area contributed by atoms with Crippen LogP contribution in [0.25, 0.3) is 0 Å². The molecule has 2 nitrogen and oxygen atoms in total. The van der Waals surface area contributed by atoms with E-state index in [1.807, 2.05) is 12.1 Å². The second-order valence-electron chi connectivity index (χ2n) is 5.58. The Balaban J connectivity index is 1.94. The van der Waals surface area contributed by atoms with Crippen molar-refractivity contribution < 1.29 is 13.5 Å². The first-order valence-corrected chi connectivity index (χ1v) is 7.38. The van der Waals surface area contributed by atoms with Crippen LogP contribution in [0.2, 0.25) is 0 Å². The molecule has 3 atom stereocenters. The molecule has 0 aliphatic heterocycles. The largest absolute Gasteiger partial charge is 0.434 e. The minimum absolute atomic E-state index is 0.271. The molecule has 1 aliphatic carbocycles. The van der Waals surface area contributed by atoms with Gasteiger partial charge in [0.1, 0.15) is 5.75 Å². The van der Waals surface area contributed by atoms with Gasteiger partial charge in [0.25, 0.3) is 0 Å². The standard InChI is InChI=1S/C16H23F2NO/c1-3-12-8-9-14(11(12)2)19-10-13-6-4-5-7-15(13)20-16(17)18/h4-7,11-12,14,16,19H,3,8-10H2,1-2H3. The van der Waals surface area contributed by atoms with Crippen molar-refractivity contribution in [3.8, 4) is 5.75 Å². The van der Waals surface area contributed by atoms with Gasteiger partial charge in [-0.05, 0) is 30.7 Å². The van der Waals surface area contributed by atoms with E-state index < -0.39 is 6.61 Å². The summed E-state index contributed by atoms with van der Waals surface area (Å²) in [6.07, 6.45) is 3.63. The first-order valence-electron chi connectivity index (χ1n) is 7.38. The van der Waals surface area contributed by atoms with Gasteiger partial charge in [0.2, 0.25) is 0 Å². The quantitative estimate of drug-likeness (QED) is 0.844. The second kappa shape index (κ2) is 7.02. The molecule has 0 aromatic heterocycles. The molecular weight excluding hydrogens is 260 g/mol. The summed E-state index contributed by atoms with van der Waals surface area (Å²) in [5, 5.41) is 3.50. The fourth-order valence-electron chi connectivity index (χ4n) is 3.21. The minimum Gasteiger partial charge on any atom is -0.434 e. The number of para-hydroxylation sites is 1. The maximum atomic E-state index is 12.4. The van der Waals surface area contributed by atoms with Crippen LogP contribution in [0.4, 0.5) is 8.78 Å². The molecule has 0 bridgehead atoms. The van der Waals surface area contributed by atoms with Crippen LogP contribution >= 0.6 is 0 Å². The number of ether oxygens (including phenoxy) is 1. The zero-order valence-electron chi connectivity index (χ0n) is 12.1. The van der Waals surface area contributed by atoms with E-state index in [0.29, 0.717) is 18.5 Å². The molecule has 1 aromatic rings. The average Bonchev–Trinajstić information content (AvgIpc) is 2.78. The van der Waals surface area contributed by atoms with E-state index in [4.69, 9.17) is 0 Å². The molecule has 1 aromatic carbocycles. The number of alkyl halides is 2. The summed E-state index contributed by atoms with van der Waals surface area (Å²) in [7, 11) is 0. The topological polar surface area (TPSA) is 21.3 Å². The number of nitrogens with one attached hydrogen (secondary N) is 1. The van der Waals surface area contributed by atoms with Crippen LogP contribution in [0.15, 0.2) is 24.3 Å². The predicted molar refractivity (Wildman–Crippen MR) is 75.9 cm³/mol. The van der Waals surface area contributed by atoms with Crippen molar-refractivity contribution in [3.63, 3.8) is 0 Å². The Kier molecular flexibility index (Phi) is 5.35. The maximum Gasteiger partial charge on any atom is 0.387 e. The van der Waals surface area contributed by atoms with Gasteiger partial charge >= 0.3 is 6.61 Å². The normalized spacial score (nSPS) is 26.1. The van der Waals surface area contributed by atoms with E-state index in [0.717, 1.165) is 17.9 Å². The Morgan fingerprint density at radius 1 is 1.30 bits per heavy atom. The molecule has 0 spiro atoms. The van der Waals surface area contributed by atoms with Gasteiger partial charge < -0.3 is 10.1 Å². The summed E-state index contributed by atoms with van der Waals surface area (Å²) in [6, 6.07) is 7.46. The molecule has 1 fully saturated rings. The summed E-state index contributed by atoms with van der Waals surface area (Å²) < 4.78 is 29.3. The van der Waals surface area contributed by atoms with E-state index >= 15 is 0 Å². The minimum atomic E-state index is -2.77. The molecule has 1 aliphatic rings. The van der Waals surface area contributed by atoms with Crippen LogP contribution in [-0.2, 0) is 6.54 Å². The fraction of sp³-hybridized carbons (Fsp3) is 0.625. The lowest BCUT2D eigenvalue weighted by atomic mass is 9.93. The van der Waals surface area contributed by atoms with Gasteiger partial charge in [-0.3, -0.25) is 0 Å². The number of rotatable bonds is 6. The lowest BCUT2D eigenvalue weighted by Gasteiger charge is -2.21. The molecule has 2 rings (SSSR count). The van der Waals surface area contributed by atoms with Gasteiger partial charge in [-0.15, -0.1) is 0 Å². The van der Waals surface area contributed by atoms with Crippen LogP contribution in [0.3, 0.4) is 0 Å². The predicted octanol–water partition coefficient (Wildman–Crippen LogP) is 4.20. The van der Waals surface area contributed by atoms with Gasteiger partial charge in [-0.2, -0.15) is 8.78 Å². The third-order valence-corrected chi connectivity index (χ3v) is 4.49. The molecule has 1 N–H and O–H groups in total. The Morgan fingerprint density at radius 3 is 2.70 bits per heavy atom. The van der Waals surface area contributed by atoms with Crippen LogP contribution in [-0.4, -0.2) is 12.7 Å². The van der Waals surface area contributed by atoms with Gasteiger partial charge in [0.15, 0.2) is 0 Å². The first-order chi connectivity index (χ1) is 9.61. The first kappa shape index (κ1) is 15.2. The van der Waals surface area contributed by atoms with Crippen LogP contribution in [0.1, 0.15) is 38.7 Å².